The number of nitrogens with two attached hydrogens (primary N) is 1. The molecule has 2 aromatic carbocycles. The van der Waals surface area contributed by atoms with E-state index in [1.807, 2.05) is 30.3 Å². The third-order valence-corrected chi connectivity index (χ3v) is 4.46. The summed E-state index contributed by atoms with van der Waals surface area (Å²) < 4.78 is 0. The number of hydrogen-bond donors (Lipinski definition) is 2. The fraction of sp³-hybridized carbons (Fsp3) is 0.0714. The van der Waals surface area contributed by atoms with Crippen molar-refractivity contribution in [2.75, 3.05) is 0 Å². The molecule has 0 aliphatic rings. The Morgan fingerprint density at radius 3 is 2.45 bits per heavy atom. The molecule has 0 spiro atoms. The Kier molecular flexibility index (Phi) is 5.17. The van der Waals surface area contributed by atoms with Crippen LogP contribution in [0.3, 0.4) is 0 Å². The average molecular weight is 327 g/mol. The predicted octanol–water partition coefficient (Wildman–Crippen LogP) is 4.38. The molecule has 20 heavy (non-hydrogen) atoms. The van der Waals surface area contributed by atoms with E-state index in [-0.39, 0.29) is 5.84 Å². The first kappa shape index (κ1) is 15.0. The van der Waals surface area contributed by atoms with E-state index in [9.17, 15) is 0 Å². The van der Waals surface area contributed by atoms with E-state index >= 15 is 0 Å². The Morgan fingerprint density at radius 2 is 1.85 bits per heavy atom. The normalized spacial score (nSPS) is 11.6. The Labute approximate surface area is 131 Å². The molecule has 0 unspecified atom stereocenters. The van der Waals surface area contributed by atoms with Crippen LogP contribution in [-0.4, -0.2) is 11.0 Å². The van der Waals surface area contributed by atoms with E-state index < -0.39 is 0 Å². The third kappa shape index (κ3) is 3.82. The number of amidine groups is 1. The number of halogens is 2. The Morgan fingerprint density at radius 1 is 1.15 bits per heavy atom. The highest BCUT2D eigenvalue weighted by Gasteiger charge is 2.06. The maximum absolute atomic E-state index is 8.63. The van der Waals surface area contributed by atoms with Crippen molar-refractivity contribution in [2.24, 2.45) is 10.9 Å². The van der Waals surface area contributed by atoms with E-state index in [1.54, 1.807) is 23.9 Å². The van der Waals surface area contributed by atoms with E-state index in [0.29, 0.717) is 10.6 Å². The van der Waals surface area contributed by atoms with Crippen molar-refractivity contribution in [3.8, 4) is 0 Å². The molecule has 0 radical (unpaired) electrons. The molecule has 0 saturated heterocycles. The molecule has 0 amide bonds. The van der Waals surface area contributed by atoms with Gasteiger partial charge < -0.3 is 10.9 Å². The van der Waals surface area contributed by atoms with E-state index in [0.717, 1.165) is 21.2 Å². The van der Waals surface area contributed by atoms with Crippen molar-refractivity contribution in [1.82, 2.24) is 0 Å². The lowest BCUT2D eigenvalue weighted by Gasteiger charge is -2.06. The first-order valence-corrected chi connectivity index (χ1v) is 7.49. The van der Waals surface area contributed by atoms with Crippen molar-refractivity contribution >= 4 is 40.8 Å². The van der Waals surface area contributed by atoms with E-state index in [2.05, 4.69) is 5.16 Å². The van der Waals surface area contributed by atoms with Gasteiger partial charge in [0.1, 0.15) is 0 Å². The molecular weight excluding hydrogens is 315 g/mol. The molecule has 3 N–H and O–H groups in total. The van der Waals surface area contributed by atoms with Crippen LogP contribution in [0.25, 0.3) is 0 Å². The number of thioether (sulfide) groups is 1. The minimum Gasteiger partial charge on any atom is -0.409 e. The molecular formula is C14H12Cl2N2OS. The minimum absolute atomic E-state index is 0.0427. The topological polar surface area (TPSA) is 58.6 Å². The lowest BCUT2D eigenvalue weighted by atomic mass is 10.2. The molecule has 0 aliphatic carbocycles. The van der Waals surface area contributed by atoms with Crippen molar-refractivity contribution in [3.63, 3.8) is 0 Å². The summed E-state index contributed by atoms with van der Waals surface area (Å²) in [5.74, 6) is 0.834. The molecule has 0 saturated carbocycles. The monoisotopic (exact) mass is 326 g/mol. The highest BCUT2D eigenvalue weighted by molar-refractivity contribution is 7.98. The SMILES string of the molecule is N/C(=N/O)c1ccc(SCc2ccc(Cl)cc2)c(Cl)c1. The fourth-order valence-corrected chi connectivity index (χ4v) is 2.92. The van der Waals surface area contributed by atoms with E-state index in [1.165, 1.54) is 0 Å². The van der Waals surface area contributed by atoms with Gasteiger partial charge in [0.25, 0.3) is 0 Å². The van der Waals surface area contributed by atoms with Crippen molar-refractivity contribution in [1.29, 1.82) is 0 Å². The molecule has 0 aromatic heterocycles. The van der Waals surface area contributed by atoms with Crippen molar-refractivity contribution in [3.05, 3.63) is 63.6 Å². The largest absolute Gasteiger partial charge is 0.409 e. The van der Waals surface area contributed by atoms with Crippen LogP contribution in [0.5, 0.6) is 0 Å². The number of hydrogen-bond acceptors (Lipinski definition) is 3. The van der Waals surface area contributed by atoms with Crippen LogP contribution >= 0.6 is 35.0 Å². The molecule has 6 heteroatoms. The first-order valence-electron chi connectivity index (χ1n) is 5.75. The maximum Gasteiger partial charge on any atom is 0.170 e. The Balaban J connectivity index is 2.08. The van der Waals surface area contributed by atoms with Gasteiger partial charge in [-0.15, -0.1) is 11.8 Å². The number of oxime groups is 1. The van der Waals surface area contributed by atoms with Crippen molar-refractivity contribution < 1.29 is 5.21 Å². The molecule has 2 aromatic rings. The van der Waals surface area contributed by atoms with Gasteiger partial charge in [0.2, 0.25) is 0 Å². The van der Waals surface area contributed by atoms with Crippen LogP contribution in [-0.2, 0) is 5.75 Å². The molecule has 0 heterocycles. The molecule has 104 valence electrons. The quantitative estimate of drug-likeness (QED) is 0.288. The van der Waals surface area contributed by atoms with Gasteiger partial charge in [-0.1, -0.05) is 40.5 Å². The summed E-state index contributed by atoms with van der Waals surface area (Å²) in [4.78, 5) is 0.941. The predicted molar refractivity (Wildman–Crippen MR) is 85.0 cm³/mol. The summed E-state index contributed by atoms with van der Waals surface area (Å²) in [7, 11) is 0. The van der Waals surface area contributed by atoms with Gasteiger partial charge in [0.15, 0.2) is 5.84 Å². The van der Waals surface area contributed by atoms with Crippen LogP contribution < -0.4 is 5.73 Å². The summed E-state index contributed by atoms with van der Waals surface area (Å²) in [5, 5.41) is 12.9. The average Bonchev–Trinajstić information content (AvgIpc) is 2.46. The van der Waals surface area contributed by atoms with Crippen LogP contribution in [0.15, 0.2) is 52.5 Å². The molecule has 3 nitrogen and oxygen atoms in total. The molecule has 0 aliphatic heterocycles. The number of benzene rings is 2. The second-order valence-electron chi connectivity index (χ2n) is 4.05. The highest BCUT2D eigenvalue weighted by atomic mass is 35.5. The lowest BCUT2D eigenvalue weighted by Crippen LogP contribution is -2.12. The summed E-state index contributed by atoms with van der Waals surface area (Å²) in [6.07, 6.45) is 0. The van der Waals surface area contributed by atoms with Crippen LogP contribution in [0.4, 0.5) is 0 Å². The first-order chi connectivity index (χ1) is 9.60. The fourth-order valence-electron chi connectivity index (χ4n) is 1.58. The Hall–Kier alpha value is -1.36. The van der Waals surface area contributed by atoms with Crippen LogP contribution in [0, 0.1) is 0 Å². The maximum atomic E-state index is 8.63. The van der Waals surface area contributed by atoms with Crippen LogP contribution in [0.1, 0.15) is 11.1 Å². The van der Waals surface area contributed by atoms with Gasteiger partial charge >= 0.3 is 0 Å². The van der Waals surface area contributed by atoms with Gasteiger partial charge in [0.05, 0.1) is 5.02 Å². The number of nitrogens with zero attached hydrogens (tertiary/aromatic N) is 1. The standard InChI is InChI=1S/C14H12Cl2N2OS/c15-11-4-1-9(2-5-11)8-20-13-6-3-10(7-12(13)16)14(17)18-19/h1-7,19H,8H2,(H2,17,18). The smallest absolute Gasteiger partial charge is 0.170 e. The molecule has 0 fully saturated rings. The minimum atomic E-state index is 0.0427. The zero-order valence-electron chi connectivity index (χ0n) is 10.4. The summed E-state index contributed by atoms with van der Waals surface area (Å²) in [6.45, 7) is 0. The van der Waals surface area contributed by atoms with Gasteiger partial charge in [-0.3, -0.25) is 0 Å². The van der Waals surface area contributed by atoms with Gasteiger partial charge in [0, 0.05) is 21.2 Å². The molecule has 0 bridgehead atoms. The Bertz CT molecular complexity index is 630. The summed E-state index contributed by atoms with van der Waals surface area (Å²) in [6, 6.07) is 13.0. The molecule has 0 atom stereocenters. The van der Waals surface area contributed by atoms with Crippen LogP contribution in [0.2, 0.25) is 10.0 Å². The second kappa shape index (κ2) is 6.88. The second-order valence-corrected chi connectivity index (χ2v) is 5.91. The van der Waals surface area contributed by atoms with Gasteiger partial charge in [-0.05, 0) is 35.9 Å². The summed E-state index contributed by atoms with van der Waals surface area (Å²) in [5.41, 5.74) is 7.27. The van der Waals surface area contributed by atoms with Gasteiger partial charge in [-0.2, -0.15) is 0 Å². The van der Waals surface area contributed by atoms with Crippen molar-refractivity contribution in [2.45, 2.75) is 10.6 Å². The molecule has 2 rings (SSSR count). The zero-order valence-corrected chi connectivity index (χ0v) is 12.7. The lowest BCUT2D eigenvalue weighted by molar-refractivity contribution is 0.318. The number of rotatable bonds is 4. The van der Waals surface area contributed by atoms with Gasteiger partial charge in [-0.25, -0.2) is 0 Å². The zero-order chi connectivity index (χ0) is 14.5. The van der Waals surface area contributed by atoms with E-state index in [4.69, 9.17) is 34.1 Å². The summed E-state index contributed by atoms with van der Waals surface area (Å²) >= 11 is 13.6. The highest BCUT2D eigenvalue weighted by Crippen LogP contribution is 2.30. The third-order valence-electron chi connectivity index (χ3n) is 2.64.